The topological polar surface area (TPSA) is 133 Å². The molecule has 0 fully saturated rings. The quantitative estimate of drug-likeness (QED) is 0.205. The van der Waals surface area contributed by atoms with E-state index in [0.29, 0.717) is 36.2 Å². The average Bonchev–Trinajstić information content (AvgIpc) is 2.79. The van der Waals surface area contributed by atoms with Gasteiger partial charge in [0.15, 0.2) is 23.0 Å². The van der Waals surface area contributed by atoms with E-state index in [9.17, 15) is 16.8 Å². The summed E-state index contributed by atoms with van der Waals surface area (Å²) in [6, 6.07) is 14.0. The molecule has 0 unspecified atom stereocenters. The Labute approximate surface area is 206 Å². The van der Waals surface area contributed by atoms with Crippen molar-refractivity contribution in [3.8, 4) is 23.0 Å². The van der Waals surface area contributed by atoms with Crippen LogP contribution < -0.4 is 18.9 Å². The van der Waals surface area contributed by atoms with Crippen LogP contribution in [0.25, 0.3) is 0 Å². The molecule has 0 bridgehead atoms. The third kappa shape index (κ3) is 13.2. The van der Waals surface area contributed by atoms with Crippen molar-refractivity contribution in [3.63, 3.8) is 0 Å². The maximum atomic E-state index is 11.0. The molecule has 13 heteroatoms. The van der Waals surface area contributed by atoms with Gasteiger partial charge in [-0.1, -0.05) is 24.3 Å². The highest BCUT2D eigenvalue weighted by molar-refractivity contribution is 7.86. The van der Waals surface area contributed by atoms with Crippen molar-refractivity contribution in [3.05, 3.63) is 48.5 Å². The highest BCUT2D eigenvalue weighted by Gasteiger charge is 2.08. The molecule has 2 rings (SSSR count). The molecule has 0 saturated heterocycles. The number of para-hydroxylation sites is 4. The summed E-state index contributed by atoms with van der Waals surface area (Å²) < 4.78 is 81.1. The van der Waals surface area contributed by atoms with Gasteiger partial charge in [0.25, 0.3) is 20.2 Å². The van der Waals surface area contributed by atoms with Crippen LogP contribution in [0.15, 0.2) is 48.5 Å². The molecule has 11 nitrogen and oxygen atoms in total. The zero-order valence-electron chi connectivity index (χ0n) is 19.6. The fourth-order valence-corrected chi connectivity index (χ4v) is 3.32. The van der Waals surface area contributed by atoms with Gasteiger partial charge in [0.2, 0.25) is 0 Å². The average molecular weight is 535 g/mol. The molecular formula is C22H30O11S2. The molecule has 0 spiro atoms. The van der Waals surface area contributed by atoms with Crippen LogP contribution in [0.4, 0.5) is 0 Å². The van der Waals surface area contributed by atoms with E-state index in [4.69, 9.17) is 23.7 Å². The summed E-state index contributed by atoms with van der Waals surface area (Å²) in [5, 5.41) is 0. The normalized spacial score (nSPS) is 11.7. The van der Waals surface area contributed by atoms with Crippen LogP contribution in [0.1, 0.15) is 0 Å². The van der Waals surface area contributed by atoms with Gasteiger partial charge < -0.3 is 23.7 Å². The second kappa shape index (κ2) is 14.7. The lowest BCUT2D eigenvalue weighted by molar-refractivity contribution is 0.0743. The van der Waals surface area contributed by atoms with E-state index >= 15 is 0 Å². The lowest BCUT2D eigenvalue weighted by Gasteiger charge is -2.14. The number of benzene rings is 2. The minimum atomic E-state index is -3.51. The number of hydrogen-bond acceptors (Lipinski definition) is 11. The fourth-order valence-electron chi connectivity index (χ4n) is 2.57. The molecule has 0 saturated carbocycles. The van der Waals surface area contributed by atoms with E-state index in [0.717, 1.165) is 12.5 Å². The third-order valence-electron chi connectivity index (χ3n) is 3.95. The second-order valence-corrected chi connectivity index (χ2v) is 10.2. The van der Waals surface area contributed by atoms with Crippen LogP contribution in [-0.4, -0.2) is 82.2 Å². The predicted molar refractivity (Wildman–Crippen MR) is 127 cm³/mol. The van der Waals surface area contributed by atoms with E-state index < -0.39 is 20.2 Å². The summed E-state index contributed by atoms with van der Waals surface area (Å²) >= 11 is 0. The van der Waals surface area contributed by atoms with Crippen LogP contribution in [-0.2, 0) is 33.3 Å². The first-order valence-corrected chi connectivity index (χ1v) is 14.2. The molecule has 0 N–H and O–H groups in total. The zero-order chi connectivity index (χ0) is 25.6. The monoisotopic (exact) mass is 534 g/mol. The largest absolute Gasteiger partial charge is 0.487 e. The standard InChI is InChI=1S/C22H30O11S2/c1-34(23,24)32-17-15-30-21-9-5-3-7-19(21)28-13-11-27-12-14-29-20-8-4-6-10-22(20)31-16-18-33-35(2,25)26/h3-10H,11-18H2,1-2H3. The molecule has 0 aliphatic heterocycles. The van der Waals surface area contributed by atoms with E-state index in [1.807, 2.05) is 0 Å². The minimum Gasteiger partial charge on any atom is -0.487 e. The molecule has 0 heterocycles. The summed E-state index contributed by atoms with van der Waals surface area (Å²) in [5.74, 6) is 1.92. The van der Waals surface area contributed by atoms with Crippen LogP contribution in [0.5, 0.6) is 23.0 Å². The molecule has 0 atom stereocenters. The van der Waals surface area contributed by atoms with Crippen LogP contribution in [0, 0.1) is 0 Å². The van der Waals surface area contributed by atoms with Gasteiger partial charge in [-0.25, -0.2) is 0 Å². The van der Waals surface area contributed by atoms with E-state index in [-0.39, 0.29) is 39.6 Å². The first-order chi connectivity index (χ1) is 16.6. The maximum absolute atomic E-state index is 11.0. The van der Waals surface area contributed by atoms with E-state index in [1.54, 1.807) is 48.5 Å². The van der Waals surface area contributed by atoms with Gasteiger partial charge >= 0.3 is 0 Å². The number of hydrogen-bond donors (Lipinski definition) is 0. The zero-order valence-corrected chi connectivity index (χ0v) is 21.2. The van der Waals surface area contributed by atoms with Gasteiger partial charge in [0.05, 0.1) is 25.7 Å². The first kappa shape index (κ1) is 28.7. The van der Waals surface area contributed by atoms with Gasteiger partial charge in [-0.3, -0.25) is 8.37 Å². The molecule has 0 aliphatic carbocycles. The van der Waals surface area contributed by atoms with Gasteiger partial charge in [0, 0.05) is 0 Å². The van der Waals surface area contributed by atoms with Gasteiger partial charge in [-0.05, 0) is 24.3 Å². The molecule has 2 aromatic rings. The molecule has 35 heavy (non-hydrogen) atoms. The summed E-state index contributed by atoms with van der Waals surface area (Å²) in [7, 11) is -7.03. The van der Waals surface area contributed by atoms with Crippen molar-refractivity contribution < 1.29 is 48.9 Å². The Bertz CT molecular complexity index is 1010. The Balaban J connectivity index is 1.64. The van der Waals surface area contributed by atoms with E-state index in [2.05, 4.69) is 8.37 Å². The molecule has 0 amide bonds. The Morgan fingerprint density at radius 3 is 1.06 bits per heavy atom. The maximum Gasteiger partial charge on any atom is 0.264 e. The Hall–Kier alpha value is -2.58. The Kier molecular flexibility index (Phi) is 12.1. The highest BCUT2D eigenvalue weighted by Crippen LogP contribution is 2.27. The molecule has 0 aromatic heterocycles. The van der Waals surface area contributed by atoms with E-state index in [1.165, 1.54) is 0 Å². The summed E-state index contributed by atoms with van der Waals surface area (Å²) in [4.78, 5) is 0. The van der Waals surface area contributed by atoms with Crippen LogP contribution in [0.3, 0.4) is 0 Å². The van der Waals surface area contributed by atoms with Gasteiger partial charge in [-0.2, -0.15) is 16.8 Å². The van der Waals surface area contributed by atoms with Crippen molar-refractivity contribution in [2.24, 2.45) is 0 Å². The third-order valence-corrected chi connectivity index (χ3v) is 5.14. The highest BCUT2D eigenvalue weighted by atomic mass is 32.2. The minimum absolute atomic E-state index is 0.0528. The second-order valence-electron chi connectivity index (χ2n) is 6.95. The van der Waals surface area contributed by atoms with Gasteiger partial charge in [0.1, 0.15) is 39.6 Å². The molecule has 0 aliphatic rings. The summed E-state index contributed by atoms with van der Waals surface area (Å²) in [6.07, 6.45) is 1.95. The SMILES string of the molecule is CS(=O)(=O)OCCOc1ccccc1OCCOCCOc1ccccc1OCCOS(C)(=O)=O. The first-order valence-electron chi connectivity index (χ1n) is 10.6. The van der Waals surface area contributed by atoms with Crippen molar-refractivity contribution in [2.75, 3.05) is 65.4 Å². The smallest absolute Gasteiger partial charge is 0.264 e. The lowest BCUT2D eigenvalue weighted by atomic mass is 10.3. The Morgan fingerprint density at radius 2 is 0.771 bits per heavy atom. The predicted octanol–water partition coefficient (Wildman–Crippen LogP) is 1.87. The van der Waals surface area contributed by atoms with Crippen molar-refractivity contribution in [1.29, 1.82) is 0 Å². The molecule has 2 aromatic carbocycles. The molecule has 196 valence electrons. The Morgan fingerprint density at radius 1 is 0.486 bits per heavy atom. The van der Waals surface area contributed by atoms with Crippen LogP contribution >= 0.6 is 0 Å². The van der Waals surface area contributed by atoms with Crippen LogP contribution in [0.2, 0.25) is 0 Å². The summed E-state index contributed by atoms with van der Waals surface area (Å²) in [5.41, 5.74) is 0. The number of rotatable bonds is 18. The number of ether oxygens (including phenoxy) is 5. The lowest BCUT2D eigenvalue weighted by Crippen LogP contribution is -2.14. The molecular weight excluding hydrogens is 504 g/mol. The van der Waals surface area contributed by atoms with Crippen molar-refractivity contribution >= 4 is 20.2 Å². The molecule has 0 radical (unpaired) electrons. The van der Waals surface area contributed by atoms with Gasteiger partial charge in [-0.15, -0.1) is 0 Å². The van der Waals surface area contributed by atoms with Crippen molar-refractivity contribution in [2.45, 2.75) is 0 Å². The summed E-state index contributed by atoms with van der Waals surface area (Å²) in [6.45, 7) is 1.04. The van der Waals surface area contributed by atoms with Crippen molar-refractivity contribution in [1.82, 2.24) is 0 Å². The fraction of sp³-hybridized carbons (Fsp3) is 0.455.